The molecule has 194 valence electrons. The van der Waals surface area contributed by atoms with Crippen LogP contribution in [0, 0.1) is 13.8 Å². The third kappa shape index (κ3) is 6.80. The van der Waals surface area contributed by atoms with Crippen LogP contribution in [0.2, 0.25) is 5.02 Å². The molecular weight excluding hydrogens is 520 g/mol. The van der Waals surface area contributed by atoms with Crippen molar-refractivity contribution in [1.29, 1.82) is 0 Å². The summed E-state index contributed by atoms with van der Waals surface area (Å²) in [5.74, 6) is 1.17. The molecule has 0 saturated carbocycles. The van der Waals surface area contributed by atoms with Gasteiger partial charge >= 0.3 is 5.97 Å². The Labute approximate surface area is 224 Å². The van der Waals surface area contributed by atoms with Gasteiger partial charge in [0.15, 0.2) is 5.16 Å². The molecule has 3 rings (SSSR count). The summed E-state index contributed by atoms with van der Waals surface area (Å²) in [5, 5.41) is 13.4. The number of anilines is 1. The predicted molar refractivity (Wildman–Crippen MR) is 145 cm³/mol. The number of halogens is 1. The minimum absolute atomic E-state index is 0.149. The largest absolute Gasteiger partial charge is 0.493 e. The molecule has 36 heavy (non-hydrogen) atoms. The maximum absolute atomic E-state index is 12.7. The number of ether oxygens (including phenoxy) is 2. The number of rotatable bonds is 12. The van der Waals surface area contributed by atoms with Crippen molar-refractivity contribution in [3.8, 4) is 5.75 Å². The Kier molecular flexibility index (Phi) is 10.2. The van der Waals surface area contributed by atoms with E-state index < -0.39 is 5.97 Å². The molecule has 0 spiro atoms. The van der Waals surface area contributed by atoms with E-state index in [1.54, 1.807) is 0 Å². The molecule has 1 N–H and O–H groups in total. The molecule has 2 heterocycles. The van der Waals surface area contributed by atoms with Crippen molar-refractivity contribution in [2.45, 2.75) is 58.7 Å². The summed E-state index contributed by atoms with van der Waals surface area (Å²) in [6.45, 7) is 9.14. The molecule has 0 bridgehead atoms. The van der Waals surface area contributed by atoms with Crippen LogP contribution in [0.15, 0.2) is 23.4 Å². The third-order valence-corrected chi connectivity index (χ3v) is 7.85. The Bertz CT molecular complexity index is 1230. The Morgan fingerprint density at radius 2 is 2.00 bits per heavy atom. The summed E-state index contributed by atoms with van der Waals surface area (Å²) < 4.78 is 12.8. The van der Waals surface area contributed by atoms with Gasteiger partial charge in [0.05, 0.1) is 25.0 Å². The zero-order valence-electron chi connectivity index (χ0n) is 21.1. The topological polar surface area (TPSA) is 95.3 Å². The molecule has 11 heteroatoms. The fourth-order valence-corrected chi connectivity index (χ4v) is 6.02. The van der Waals surface area contributed by atoms with Crippen LogP contribution >= 0.6 is 34.7 Å². The highest BCUT2D eigenvalue weighted by Gasteiger charge is 2.23. The van der Waals surface area contributed by atoms with E-state index in [9.17, 15) is 9.59 Å². The second-order valence-electron chi connectivity index (χ2n) is 8.03. The number of hydrogen-bond donors (Lipinski definition) is 1. The van der Waals surface area contributed by atoms with Gasteiger partial charge < -0.3 is 19.4 Å². The van der Waals surface area contributed by atoms with Gasteiger partial charge in [-0.15, -0.1) is 21.5 Å². The summed E-state index contributed by atoms with van der Waals surface area (Å²) >= 11 is 8.71. The zero-order chi connectivity index (χ0) is 26.2. The van der Waals surface area contributed by atoms with Crippen LogP contribution in [-0.4, -0.2) is 46.1 Å². The van der Waals surface area contributed by atoms with Crippen LogP contribution in [0.25, 0.3) is 0 Å². The summed E-state index contributed by atoms with van der Waals surface area (Å²) in [7, 11) is 1.34. The summed E-state index contributed by atoms with van der Waals surface area (Å²) in [5.41, 5.74) is 2.34. The van der Waals surface area contributed by atoms with Crippen molar-refractivity contribution in [3.05, 3.63) is 50.6 Å². The third-order valence-electron chi connectivity index (χ3n) is 5.59. The van der Waals surface area contributed by atoms with Crippen molar-refractivity contribution in [2.24, 2.45) is 0 Å². The molecule has 0 fully saturated rings. The predicted octanol–water partition coefficient (Wildman–Crippen LogP) is 5.72. The minimum atomic E-state index is -0.440. The molecule has 0 unspecified atom stereocenters. The van der Waals surface area contributed by atoms with Crippen molar-refractivity contribution in [3.63, 3.8) is 0 Å². The normalized spacial score (nSPS) is 10.9. The number of aryl methyl sites for hydroxylation is 3. The van der Waals surface area contributed by atoms with E-state index in [0.717, 1.165) is 34.0 Å². The smallest absolute Gasteiger partial charge is 0.341 e. The van der Waals surface area contributed by atoms with E-state index in [1.807, 2.05) is 50.5 Å². The van der Waals surface area contributed by atoms with Crippen molar-refractivity contribution < 1.29 is 19.1 Å². The van der Waals surface area contributed by atoms with Gasteiger partial charge in [0, 0.05) is 22.9 Å². The number of amides is 1. The lowest BCUT2D eigenvalue weighted by atomic mass is 10.1. The monoisotopic (exact) mass is 550 g/mol. The average Bonchev–Trinajstić information content (AvgIpc) is 3.39. The van der Waals surface area contributed by atoms with Crippen molar-refractivity contribution >= 4 is 51.6 Å². The average molecular weight is 551 g/mol. The van der Waals surface area contributed by atoms with E-state index >= 15 is 0 Å². The quantitative estimate of drug-likeness (QED) is 0.175. The Morgan fingerprint density at radius 1 is 1.22 bits per heavy atom. The van der Waals surface area contributed by atoms with Gasteiger partial charge in [-0.2, -0.15) is 0 Å². The number of hydrogen-bond acceptors (Lipinski definition) is 8. The van der Waals surface area contributed by atoms with Gasteiger partial charge in [0.2, 0.25) is 5.91 Å². The molecule has 0 atom stereocenters. The lowest BCUT2D eigenvalue weighted by Gasteiger charge is -2.10. The van der Waals surface area contributed by atoms with Gasteiger partial charge in [-0.1, -0.05) is 30.3 Å². The number of nitrogens with one attached hydrogen (secondary N) is 1. The first-order chi connectivity index (χ1) is 17.3. The number of esters is 1. The molecule has 2 aromatic heterocycles. The van der Waals surface area contributed by atoms with Gasteiger partial charge in [-0.25, -0.2) is 4.79 Å². The van der Waals surface area contributed by atoms with Gasteiger partial charge in [-0.05, 0) is 62.9 Å². The Hall–Kier alpha value is -2.56. The number of aromatic nitrogens is 3. The van der Waals surface area contributed by atoms with Crippen LogP contribution in [0.3, 0.4) is 0 Å². The lowest BCUT2D eigenvalue weighted by molar-refractivity contribution is -0.113. The SMILES string of the molecule is CCc1c(C)sc(NC(=O)CSc2nnc(CCCOc3ccc(Cl)cc3C)n2CC)c1C(=O)OC. The molecule has 0 aliphatic carbocycles. The Morgan fingerprint density at radius 3 is 2.67 bits per heavy atom. The molecule has 0 aliphatic heterocycles. The van der Waals surface area contributed by atoms with E-state index in [-0.39, 0.29) is 11.7 Å². The second kappa shape index (κ2) is 13.1. The maximum atomic E-state index is 12.7. The number of benzene rings is 1. The van der Waals surface area contributed by atoms with Crippen molar-refractivity contribution in [2.75, 3.05) is 24.8 Å². The van der Waals surface area contributed by atoms with Gasteiger partial charge in [-0.3, -0.25) is 4.79 Å². The summed E-state index contributed by atoms with van der Waals surface area (Å²) in [4.78, 5) is 26.0. The molecule has 0 radical (unpaired) electrons. The summed E-state index contributed by atoms with van der Waals surface area (Å²) in [6.07, 6.45) is 2.17. The molecule has 0 aliphatic rings. The highest BCUT2D eigenvalue weighted by Crippen LogP contribution is 2.34. The highest BCUT2D eigenvalue weighted by molar-refractivity contribution is 7.99. The zero-order valence-corrected chi connectivity index (χ0v) is 23.5. The highest BCUT2D eigenvalue weighted by atomic mass is 35.5. The van der Waals surface area contributed by atoms with E-state index in [1.165, 1.54) is 30.2 Å². The van der Waals surface area contributed by atoms with E-state index in [2.05, 4.69) is 15.5 Å². The summed E-state index contributed by atoms with van der Waals surface area (Å²) in [6, 6.07) is 5.57. The first kappa shape index (κ1) is 28.0. The number of thioether (sulfide) groups is 1. The molecule has 3 aromatic rings. The van der Waals surface area contributed by atoms with Gasteiger partial charge in [0.25, 0.3) is 0 Å². The van der Waals surface area contributed by atoms with Crippen LogP contribution in [-0.2, 0) is 28.9 Å². The standard InChI is InChI=1S/C25H31ClN4O4S2/c1-6-18-16(4)36-23(22(18)24(32)33-5)27-21(31)14-35-25-29-28-20(30(25)7-2)9-8-12-34-19-11-10-17(26)13-15(19)3/h10-11,13H,6-9,12,14H2,1-5H3,(H,27,31). The second-order valence-corrected chi connectivity index (χ2v) is 10.6. The molecular formula is C25H31ClN4O4S2. The van der Waals surface area contributed by atoms with Crippen molar-refractivity contribution in [1.82, 2.24) is 14.8 Å². The van der Waals surface area contributed by atoms with Crippen LogP contribution in [0.4, 0.5) is 5.00 Å². The number of nitrogens with zero attached hydrogens (tertiary/aromatic N) is 3. The fraction of sp³-hybridized carbons (Fsp3) is 0.440. The molecule has 1 amide bonds. The van der Waals surface area contributed by atoms with Crippen LogP contribution < -0.4 is 10.1 Å². The van der Waals surface area contributed by atoms with Crippen LogP contribution in [0.5, 0.6) is 5.75 Å². The number of carbonyl (C=O) groups excluding carboxylic acids is 2. The number of carbonyl (C=O) groups is 2. The fourth-order valence-electron chi connectivity index (χ4n) is 3.82. The first-order valence-corrected chi connectivity index (χ1v) is 13.9. The molecule has 1 aromatic carbocycles. The molecule has 8 nitrogen and oxygen atoms in total. The van der Waals surface area contributed by atoms with E-state index in [0.29, 0.717) is 46.7 Å². The molecule has 0 saturated heterocycles. The van der Waals surface area contributed by atoms with Gasteiger partial charge in [0.1, 0.15) is 16.6 Å². The Balaban J connectivity index is 1.56. The first-order valence-electron chi connectivity index (χ1n) is 11.7. The number of thiophene rings is 1. The van der Waals surface area contributed by atoms with Crippen LogP contribution in [0.1, 0.15) is 52.5 Å². The lowest BCUT2D eigenvalue weighted by Crippen LogP contribution is -2.16. The number of methoxy groups -OCH3 is 1. The maximum Gasteiger partial charge on any atom is 0.341 e. The minimum Gasteiger partial charge on any atom is -0.493 e. The van der Waals surface area contributed by atoms with E-state index in [4.69, 9.17) is 21.1 Å².